The summed E-state index contributed by atoms with van der Waals surface area (Å²) in [6.45, 7) is 5.86. The minimum atomic E-state index is -0.634. The molecular formula is C36H32N2O3. The largest absolute Gasteiger partial charge is 0.422 e. The lowest BCUT2D eigenvalue weighted by Gasteiger charge is -2.25. The summed E-state index contributed by atoms with van der Waals surface area (Å²) < 4.78 is 5.50. The monoisotopic (exact) mass is 540 g/mol. The average molecular weight is 541 g/mol. The Hall–Kier alpha value is -5.16. The van der Waals surface area contributed by atoms with Gasteiger partial charge in [-0.25, -0.2) is 4.79 Å². The minimum absolute atomic E-state index is 0.0176. The zero-order chi connectivity index (χ0) is 28.6. The SMILES string of the molecule is CCN(CC)c1ccc2cc(C(=O)C=C/C=C/c3ccc(N(c4ccccc4)c4ccccc4)cc3)c(=O)oc2c1. The number of para-hydroxylation sites is 2. The van der Waals surface area contributed by atoms with Gasteiger partial charge in [0.15, 0.2) is 5.78 Å². The van der Waals surface area contributed by atoms with E-state index in [0.717, 1.165) is 41.4 Å². The summed E-state index contributed by atoms with van der Waals surface area (Å²) in [5, 5.41) is 0.716. The van der Waals surface area contributed by atoms with E-state index in [1.165, 1.54) is 6.08 Å². The molecule has 0 aliphatic heterocycles. The van der Waals surface area contributed by atoms with Crippen molar-refractivity contribution in [2.75, 3.05) is 22.9 Å². The van der Waals surface area contributed by atoms with Crippen LogP contribution in [0.1, 0.15) is 29.8 Å². The number of carbonyl (C=O) groups is 1. The van der Waals surface area contributed by atoms with Crippen molar-refractivity contribution >= 4 is 45.6 Å². The van der Waals surface area contributed by atoms with Crippen molar-refractivity contribution in [3.63, 3.8) is 0 Å². The third-order valence-corrected chi connectivity index (χ3v) is 6.94. The van der Waals surface area contributed by atoms with Gasteiger partial charge >= 0.3 is 5.63 Å². The van der Waals surface area contributed by atoms with Crippen LogP contribution in [0.5, 0.6) is 0 Å². The number of carbonyl (C=O) groups excluding carboxylic acids is 1. The molecule has 0 saturated carbocycles. The van der Waals surface area contributed by atoms with Crippen molar-refractivity contribution in [1.29, 1.82) is 0 Å². The second-order valence-corrected chi connectivity index (χ2v) is 9.52. The van der Waals surface area contributed by atoms with Gasteiger partial charge < -0.3 is 14.2 Å². The van der Waals surface area contributed by atoms with Crippen LogP contribution in [0.3, 0.4) is 0 Å². The molecule has 4 aromatic carbocycles. The summed E-state index contributed by atoms with van der Waals surface area (Å²) in [6, 6.07) is 36.0. The molecule has 5 aromatic rings. The van der Waals surface area contributed by atoms with Gasteiger partial charge in [-0.3, -0.25) is 4.79 Å². The molecular weight excluding hydrogens is 508 g/mol. The number of rotatable bonds is 10. The normalized spacial score (nSPS) is 11.4. The van der Waals surface area contributed by atoms with E-state index < -0.39 is 11.4 Å². The van der Waals surface area contributed by atoms with Gasteiger partial charge in [0, 0.05) is 47.3 Å². The molecule has 5 heteroatoms. The van der Waals surface area contributed by atoms with E-state index in [-0.39, 0.29) is 5.56 Å². The number of anilines is 4. The molecule has 0 aliphatic carbocycles. The number of allylic oxidation sites excluding steroid dienone is 3. The van der Waals surface area contributed by atoms with Crippen LogP contribution in [0.2, 0.25) is 0 Å². The van der Waals surface area contributed by atoms with Gasteiger partial charge in [0.25, 0.3) is 0 Å². The first kappa shape index (κ1) is 27.4. The molecule has 0 saturated heterocycles. The predicted molar refractivity (Wildman–Crippen MR) is 170 cm³/mol. The molecule has 0 bridgehead atoms. The Morgan fingerprint density at radius 1 is 0.707 bits per heavy atom. The van der Waals surface area contributed by atoms with Gasteiger partial charge in [-0.2, -0.15) is 0 Å². The Morgan fingerprint density at radius 2 is 1.29 bits per heavy atom. The van der Waals surface area contributed by atoms with Crippen molar-refractivity contribution in [3.05, 3.63) is 149 Å². The van der Waals surface area contributed by atoms with Crippen LogP contribution in [0.15, 0.2) is 137 Å². The average Bonchev–Trinajstić information content (AvgIpc) is 3.01. The molecule has 5 rings (SSSR count). The highest BCUT2D eigenvalue weighted by Gasteiger charge is 2.13. The summed E-state index contributed by atoms with van der Waals surface area (Å²) in [4.78, 5) is 29.7. The first-order valence-corrected chi connectivity index (χ1v) is 13.8. The molecule has 0 spiro atoms. The Balaban J connectivity index is 1.30. The topological polar surface area (TPSA) is 53.8 Å². The fourth-order valence-electron chi connectivity index (χ4n) is 4.79. The lowest BCUT2D eigenvalue weighted by molar-refractivity contribution is 0.104. The van der Waals surface area contributed by atoms with Crippen molar-refractivity contribution < 1.29 is 9.21 Å². The molecule has 0 radical (unpaired) electrons. The third-order valence-electron chi connectivity index (χ3n) is 6.94. The molecule has 204 valence electrons. The maximum atomic E-state index is 12.8. The fraction of sp³-hybridized carbons (Fsp3) is 0.111. The first-order chi connectivity index (χ1) is 20.1. The molecule has 0 fully saturated rings. The zero-order valence-electron chi connectivity index (χ0n) is 23.2. The Bertz CT molecular complexity index is 1690. The Labute approximate surface area is 240 Å². The lowest BCUT2D eigenvalue weighted by Crippen LogP contribution is -2.21. The zero-order valence-corrected chi connectivity index (χ0v) is 23.2. The maximum Gasteiger partial charge on any atom is 0.347 e. The minimum Gasteiger partial charge on any atom is -0.422 e. The summed E-state index contributed by atoms with van der Waals surface area (Å²) in [7, 11) is 0. The van der Waals surface area contributed by atoms with Crippen LogP contribution >= 0.6 is 0 Å². The van der Waals surface area contributed by atoms with Crippen LogP contribution in [0, 0.1) is 0 Å². The van der Waals surface area contributed by atoms with Crippen LogP contribution in [-0.4, -0.2) is 18.9 Å². The molecule has 1 heterocycles. The van der Waals surface area contributed by atoms with Crippen molar-refractivity contribution in [1.82, 2.24) is 0 Å². The third kappa shape index (κ3) is 6.36. The molecule has 0 amide bonds. The summed E-state index contributed by atoms with van der Waals surface area (Å²) in [5.74, 6) is -0.394. The molecule has 0 unspecified atom stereocenters. The smallest absolute Gasteiger partial charge is 0.347 e. The highest BCUT2D eigenvalue weighted by Crippen LogP contribution is 2.34. The predicted octanol–water partition coefficient (Wildman–Crippen LogP) is 8.56. The van der Waals surface area contributed by atoms with Crippen LogP contribution < -0.4 is 15.4 Å². The molecule has 1 aromatic heterocycles. The summed E-state index contributed by atoms with van der Waals surface area (Å²) in [5.41, 5.74) is 5.02. The number of hydrogen-bond acceptors (Lipinski definition) is 5. The highest BCUT2D eigenvalue weighted by molar-refractivity contribution is 6.06. The number of benzene rings is 4. The van der Waals surface area contributed by atoms with E-state index in [1.807, 2.05) is 72.8 Å². The van der Waals surface area contributed by atoms with E-state index in [4.69, 9.17) is 4.42 Å². The van der Waals surface area contributed by atoms with Crippen LogP contribution in [0.4, 0.5) is 22.7 Å². The lowest BCUT2D eigenvalue weighted by atomic mass is 10.1. The van der Waals surface area contributed by atoms with E-state index in [1.54, 1.807) is 18.2 Å². The van der Waals surface area contributed by atoms with Gasteiger partial charge in [0.2, 0.25) is 0 Å². The molecule has 5 nitrogen and oxygen atoms in total. The molecule has 0 atom stereocenters. The van der Waals surface area contributed by atoms with Gasteiger partial charge in [-0.1, -0.05) is 66.8 Å². The molecule has 0 aliphatic rings. The van der Waals surface area contributed by atoms with E-state index in [2.05, 4.69) is 60.0 Å². The van der Waals surface area contributed by atoms with Crippen LogP contribution in [-0.2, 0) is 0 Å². The number of nitrogens with zero attached hydrogens (tertiary/aromatic N) is 2. The van der Waals surface area contributed by atoms with Crippen molar-refractivity contribution in [2.45, 2.75) is 13.8 Å². The first-order valence-electron chi connectivity index (χ1n) is 13.8. The van der Waals surface area contributed by atoms with E-state index >= 15 is 0 Å². The number of hydrogen-bond donors (Lipinski definition) is 0. The second kappa shape index (κ2) is 12.8. The summed E-state index contributed by atoms with van der Waals surface area (Å²) >= 11 is 0. The molecule has 0 N–H and O–H groups in total. The van der Waals surface area contributed by atoms with E-state index in [9.17, 15) is 9.59 Å². The number of fused-ring (bicyclic) bond motifs is 1. The summed E-state index contributed by atoms with van der Waals surface area (Å²) in [6.07, 6.45) is 6.74. The van der Waals surface area contributed by atoms with Crippen molar-refractivity contribution in [3.8, 4) is 0 Å². The Morgan fingerprint density at radius 3 is 1.90 bits per heavy atom. The van der Waals surface area contributed by atoms with Gasteiger partial charge in [0.05, 0.1) is 0 Å². The maximum absolute atomic E-state index is 12.8. The van der Waals surface area contributed by atoms with Crippen LogP contribution in [0.25, 0.3) is 17.0 Å². The van der Waals surface area contributed by atoms with Gasteiger partial charge in [-0.05, 0) is 80.1 Å². The standard InChI is InChI=1S/C36H32N2O3/c1-3-37(4-2)32-24-21-28-25-33(36(40)41-35(28)26-32)34(39)18-12-11-13-27-19-22-31(23-20-27)38(29-14-7-5-8-15-29)30-16-9-6-10-17-30/h5-26H,3-4H2,1-2H3/b13-11+,18-12?. The Kier molecular flexibility index (Phi) is 8.55. The quantitative estimate of drug-likeness (QED) is 0.0769. The van der Waals surface area contributed by atoms with Crippen molar-refractivity contribution in [2.24, 2.45) is 0 Å². The highest BCUT2D eigenvalue weighted by atomic mass is 16.4. The fourth-order valence-corrected chi connectivity index (χ4v) is 4.79. The second-order valence-electron chi connectivity index (χ2n) is 9.52. The molecule has 41 heavy (non-hydrogen) atoms. The van der Waals surface area contributed by atoms with E-state index in [0.29, 0.717) is 11.0 Å². The number of ketones is 1. The van der Waals surface area contributed by atoms with Gasteiger partial charge in [-0.15, -0.1) is 0 Å². The van der Waals surface area contributed by atoms with Gasteiger partial charge in [0.1, 0.15) is 11.1 Å².